The summed E-state index contributed by atoms with van der Waals surface area (Å²) in [6, 6.07) is 1.58. The van der Waals surface area contributed by atoms with E-state index in [-0.39, 0.29) is 0 Å². The highest BCUT2D eigenvalue weighted by Crippen LogP contribution is 2.33. The fraction of sp³-hybridized carbons (Fsp3) is 0.583. The number of aromatic nitrogens is 1. The second-order valence-corrected chi connectivity index (χ2v) is 4.18. The van der Waals surface area contributed by atoms with Crippen LogP contribution in [0.15, 0.2) is 12.3 Å². The Morgan fingerprint density at radius 2 is 1.56 bits per heavy atom. The topological polar surface area (TPSA) is 40.6 Å². The lowest BCUT2D eigenvalue weighted by Gasteiger charge is -2.32. The Hall–Kier alpha value is -0.390. The van der Waals surface area contributed by atoms with Crippen LogP contribution in [0.2, 0.25) is 10.0 Å². The highest BCUT2D eigenvalue weighted by Gasteiger charge is 2.39. The summed E-state index contributed by atoms with van der Waals surface area (Å²) in [4.78, 5) is 4.17. The van der Waals surface area contributed by atoms with Crippen LogP contribution in [-0.2, 0) is 20.2 Å². The van der Waals surface area contributed by atoms with Crippen molar-refractivity contribution in [3.05, 3.63) is 28.0 Å². The Balaban J connectivity index is 3.21. The van der Waals surface area contributed by atoms with Crippen molar-refractivity contribution in [2.45, 2.75) is 26.7 Å². The van der Waals surface area contributed by atoms with Crippen molar-refractivity contribution in [2.75, 3.05) is 19.8 Å². The third kappa shape index (κ3) is 3.56. The van der Waals surface area contributed by atoms with Crippen LogP contribution >= 0.6 is 23.2 Å². The summed E-state index contributed by atoms with van der Waals surface area (Å²) in [6.07, 6.45) is 1.48. The zero-order chi connectivity index (χ0) is 13.6. The van der Waals surface area contributed by atoms with Gasteiger partial charge in [0.25, 0.3) is 0 Å². The minimum Gasteiger partial charge on any atom is -0.323 e. The van der Waals surface area contributed by atoms with E-state index < -0.39 is 5.97 Å². The van der Waals surface area contributed by atoms with E-state index in [9.17, 15) is 0 Å². The van der Waals surface area contributed by atoms with Crippen LogP contribution in [0, 0.1) is 0 Å². The third-order valence-electron chi connectivity index (χ3n) is 2.10. The lowest BCUT2D eigenvalue weighted by Crippen LogP contribution is -2.38. The molecule has 0 unspecified atom stereocenters. The molecule has 0 aliphatic heterocycles. The van der Waals surface area contributed by atoms with Gasteiger partial charge in [0.05, 0.1) is 29.9 Å². The minimum absolute atomic E-state index is 0.345. The molecule has 0 saturated heterocycles. The highest BCUT2D eigenvalue weighted by atomic mass is 35.5. The first-order valence-electron chi connectivity index (χ1n) is 5.83. The average molecular weight is 294 g/mol. The Bertz CT molecular complexity index is 371. The van der Waals surface area contributed by atoms with Gasteiger partial charge in [-0.3, -0.25) is 0 Å². The van der Waals surface area contributed by atoms with E-state index in [0.29, 0.717) is 35.6 Å². The summed E-state index contributed by atoms with van der Waals surface area (Å²) in [5.41, 5.74) is 0.374. The van der Waals surface area contributed by atoms with Crippen LogP contribution < -0.4 is 0 Å². The van der Waals surface area contributed by atoms with Crippen LogP contribution in [0.1, 0.15) is 26.5 Å². The van der Waals surface area contributed by atoms with Gasteiger partial charge >= 0.3 is 5.97 Å². The molecule has 0 radical (unpaired) electrons. The lowest BCUT2D eigenvalue weighted by molar-refractivity contribution is -0.391. The molecule has 4 nitrogen and oxygen atoms in total. The number of hydrogen-bond acceptors (Lipinski definition) is 4. The molecule has 0 fully saturated rings. The van der Waals surface area contributed by atoms with Crippen molar-refractivity contribution in [2.24, 2.45) is 0 Å². The van der Waals surface area contributed by atoms with Crippen LogP contribution in [0.3, 0.4) is 0 Å². The molecule has 0 aliphatic carbocycles. The zero-order valence-electron chi connectivity index (χ0n) is 10.7. The van der Waals surface area contributed by atoms with Gasteiger partial charge in [0, 0.05) is 6.20 Å². The van der Waals surface area contributed by atoms with Gasteiger partial charge in [-0.25, -0.2) is 4.98 Å². The van der Waals surface area contributed by atoms with Gasteiger partial charge in [0.1, 0.15) is 5.69 Å². The van der Waals surface area contributed by atoms with E-state index in [2.05, 4.69) is 4.98 Å². The Morgan fingerprint density at radius 1 is 1.06 bits per heavy atom. The molecule has 6 heteroatoms. The van der Waals surface area contributed by atoms with Crippen LogP contribution in [0.5, 0.6) is 0 Å². The lowest BCUT2D eigenvalue weighted by atomic mass is 10.3. The quantitative estimate of drug-likeness (QED) is 0.720. The number of hydrogen-bond donors (Lipinski definition) is 0. The van der Waals surface area contributed by atoms with E-state index in [0.717, 1.165) is 0 Å². The molecule has 1 aromatic rings. The maximum Gasteiger partial charge on any atom is 0.331 e. The number of halogens is 2. The molecule has 102 valence electrons. The molecule has 0 saturated carbocycles. The highest BCUT2D eigenvalue weighted by molar-refractivity contribution is 6.34. The van der Waals surface area contributed by atoms with Crippen molar-refractivity contribution in [3.8, 4) is 0 Å². The first-order chi connectivity index (χ1) is 8.59. The molecule has 0 atom stereocenters. The molecule has 0 aromatic carbocycles. The van der Waals surface area contributed by atoms with Crippen molar-refractivity contribution >= 4 is 23.2 Å². The summed E-state index contributed by atoms with van der Waals surface area (Å²) in [6.45, 7) is 6.74. The molecule has 1 rings (SSSR count). The van der Waals surface area contributed by atoms with Gasteiger partial charge in [-0.1, -0.05) is 23.2 Å². The van der Waals surface area contributed by atoms with E-state index in [1.807, 2.05) is 20.8 Å². The van der Waals surface area contributed by atoms with Crippen LogP contribution in [0.25, 0.3) is 0 Å². The number of nitrogens with zero attached hydrogens (tertiary/aromatic N) is 1. The van der Waals surface area contributed by atoms with Gasteiger partial charge in [-0.05, 0) is 26.8 Å². The largest absolute Gasteiger partial charge is 0.331 e. The average Bonchev–Trinajstić information content (AvgIpc) is 2.29. The normalized spacial score (nSPS) is 11.8. The van der Waals surface area contributed by atoms with Gasteiger partial charge < -0.3 is 14.2 Å². The summed E-state index contributed by atoms with van der Waals surface area (Å²) in [5, 5.41) is 0.792. The summed E-state index contributed by atoms with van der Waals surface area (Å²) < 4.78 is 16.7. The van der Waals surface area contributed by atoms with E-state index in [1.165, 1.54) is 6.20 Å². The van der Waals surface area contributed by atoms with E-state index in [1.54, 1.807) is 6.07 Å². The zero-order valence-corrected chi connectivity index (χ0v) is 12.2. The Labute approximate surface area is 117 Å². The van der Waals surface area contributed by atoms with Gasteiger partial charge in [0.2, 0.25) is 0 Å². The molecular weight excluding hydrogens is 277 g/mol. The third-order valence-corrected chi connectivity index (χ3v) is 2.60. The first-order valence-corrected chi connectivity index (χ1v) is 6.58. The SMILES string of the molecule is CCOC(OCC)(OCC)c1ncc(Cl)cc1Cl. The standard InChI is InChI=1S/C12H17Cl2NO3/c1-4-16-12(17-5-2,18-6-3)11-10(14)7-9(13)8-15-11/h7-8H,4-6H2,1-3H3. The van der Waals surface area contributed by atoms with E-state index in [4.69, 9.17) is 37.4 Å². The molecule has 0 N–H and O–H groups in total. The summed E-state index contributed by atoms with van der Waals surface area (Å²) in [5.74, 6) is -1.38. The van der Waals surface area contributed by atoms with Crippen LogP contribution in [0.4, 0.5) is 0 Å². The summed E-state index contributed by atoms with van der Waals surface area (Å²) in [7, 11) is 0. The smallest absolute Gasteiger partial charge is 0.323 e. The molecule has 18 heavy (non-hydrogen) atoms. The first kappa shape index (κ1) is 15.7. The molecule has 0 bridgehead atoms. The summed E-state index contributed by atoms with van der Waals surface area (Å²) >= 11 is 12.0. The van der Waals surface area contributed by atoms with Gasteiger partial charge in [-0.2, -0.15) is 0 Å². The van der Waals surface area contributed by atoms with Crippen molar-refractivity contribution < 1.29 is 14.2 Å². The molecule has 1 aromatic heterocycles. The number of ether oxygens (including phenoxy) is 3. The predicted molar refractivity (Wildman–Crippen MR) is 70.8 cm³/mol. The molecule has 0 spiro atoms. The predicted octanol–water partition coefficient (Wildman–Crippen LogP) is 3.61. The molecule has 0 amide bonds. The fourth-order valence-corrected chi connectivity index (χ4v) is 2.04. The monoisotopic (exact) mass is 293 g/mol. The molecule has 1 heterocycles. The van der Waals surface area contributed by atoms with Crippen LogP contribution in [-0.4, -0.2) is 24.8 Å². The second kappa shape index (κ2) is 7.26. The fourth-order valence-electron chi connectivity index (χ4n) is 1.54. The molecular formula is C12H17Cl2NO3. The minimum atomic E-state index is -1.38. The van der Waals surface area contributed by atoms with Gasteiger partial charge in [-0.15, -0.1) is 0 Å². The van der Waals surface area contributed by atoms with Crippen molar-refractivity contribution in [1.82, 2.24) is 4.98 Å². The number of rotatable bonds is 7. The number of pyridine rings is 1. The molecule has 0 aliphatic rings. The maximum atomic E-state index is 6.13. The maximum absolute atomic E-state index is 6.13. The second-order valence-electron chi connectivity index (χ2n) is 3.34. The van der Waals surface area contributed by atoms with E-state index >= 15 is 0 Å². The Kier molecular flexibility index (Phi) is 6.32. The van der Waals surface area contributed by atoms with Crippen molar-refractivity contribution in [3.63, 3.8) is 0 Å². The van der Waals surface area contributed by atoms with Gasteiger partial charge in [0.15, 0.2) is 0 Å². The van der Waals surface area contributed by atoms with Crippen molar-refractivity contribution in [1.29, 1.82) is 0 Å². The Morgan fingerprint density at radius 3 is 1.94 bits per heavy atom.